The fraction of sp³-hybridized carbons (Fsp3) is 0.750. The Kier molecular flexibility index (Phi) is 15.8. The highest BCUT2D eigenvalue weighted by Crippen LogP contribution is 2.25. The molecule has 0 saturated heterocycles. The zero-order chi connectivity index (χ0) is 25.0. The SMILES string of the molecule is C.COCCCOc1ccccc1C(O)NC[C@@H](C[C@H](N)[C@@H](O)CNS(=O)(=O)C(C)C)C(C)C. The highest BCUT2D eigenvalue weighted by molar-refractivity contribution is 7.90. The highest BCUT2D eigenvalue weighted by atomic mass is 32.2. The molecule has 1 aromatic carbocycles. The monoisotopic (exact) mass is 505 g/mol. The average Bonchev–Trinajstić information content (AvgIpc) is 2.77. The maximum atomic E-state index is 11.9. The number of ether oxygens (including phenoxy) is 2. The highest BCUT2D eigenvalue weighted by Gasteiger charge is 2.25. The van der Waals surface area contributed by atoms with E-state index in [-0.39, 0.29) is 25.8 Å². The number of hydrogen-bond donors (Lipinski definition) is 5. The third-order valence-electron chi connectivity index (χ3n) is 5.66. The standard InChI is InChI=1S/C23H43N3O6S.CH4/c1-16(2)18(13-20(24)21(27)15-26-33(29,30)17(3)4)14-25-23(28)19-9-6-7-10-22(19)32-12-8-11-31-5;/h6-7,9-10,16-18,20-21,23,25-28H,8,11-15,24H2,1-5H3;1H4/t18-,20+,21+,23?;/m1./s1. The van der Waals surface area contributed by atoms with Crippen LogP contribution >= 0.6 is 0 Å². The van der Waals surface area contributed by atoms with Gasteiger partial charge in [0.2, 0.25) is 10.0 Å². The molecule has 0 aliphatic rings. The Morgan fingerprint density at radius 1 is 1.06 bits per heavy atom. The molecule has 0 saturated carbocycles. The van der Waals surface area contributed by atoms with Crippen LogP contribution in [0.25, 0.3) is 0 Å². The molecule has 0 aromatic heterocycles. The van der Waals surface area contributed by atoms with E-state index in [4.69, 9.17) is 15.2 Å². The van der Waals surface area contributed by atoms with E-state index in [1.807, 2.05) is 38.1 Å². The lowest BCUT2D eigenvalue weighted by atomic mass is 9.87. The second-order valence-corrected chi connectivity index (χ2v) is 11.3. The molecule has 0 amide bonds. The molecule has 0 bridgehead atoms. The number of nitrogens with one attached hydrogen (secondary N) is 2. The van der Waals surface area contributed by atoms with Crippen LogP contribution in [-0.4, -0.2) is 69.4 Å². The summed E-state index contributed by atoms with van der Waals surface area (Å²) < 4.78 is 37.1. The smallest absolute Gasteiger partial charge is 0.214 e. The van der Waals surface area contributed by atoms with Crippen LogP contribution in [-0.2, 0) is 14.8 Å². The predicted octanol–water partition coefficient (Wildman–Crippen LogP) is 2.00. The fourth-order valence-corrected chi connectivity index (χ4v) is 3.95. The molecule has 6 N–H and O–H groups in total. The predicted molar refractivity (Wildman–Crippen MR) is 137 cm³/mol. The summed E-state index contributed by atoms with van der Waals surface area (Å²) in [6, 6.07) is 6.71. The van der Waals surface area contributed by atoms with Crippen molar-refractivity contribution in [1.82, 2.24) is 10.0 Å². The summed E-state index contributed by atoms with van der Waals surface area (Å²) in [4.78, 5) is 0. The lowest BCUT2D eigenvalue weighted by Gasteiger charge is -2.28. The number of nitrogens with two attached hydrogens (primary N) is 1. The zero-order valence-corrected chi connectivity index (χ0v) is 21.3. The molecule has 0 radical (unpaired) electrons. The summed E-state index contributed by atoms with van der Waals surface area (Å²) in [7, 11) is -1.83. The second kappa shape index (κ2) is 16.4. The zero-order valence-electron chi connectivity index (χ0n) is 20.5. The van der Waals surface area contributed by atoms with Crippen molar-refractivity contribution < 1.29 is 28.1 Å². The molecular formula is C24H47N3O6S. The Balaban J connectivity index is 0.0000109. The van der Waals surface area contributed by atoms with Crippen LogP contribution in [0, 0.1) is 11.8 Å². The molecule has 1 rings (SSSR count). The van der Waals surface area contributed by atoms with Gasteiger partial charge in [0.1, 0.15) is 12.0 Å². The first kappa shape index (κ1) is 32.7. The number of para-hydroxylation sites is 1. The van der Waals surface area contributed by atoms with Gasteiger partial charge in [-0.05, 0) is 38.2 Å². The van der Waals surface area contributed by atoms with Crippen molar-refractivity contribution in [2.45, 2.75) is 71.6 Å². The van der Waals surface area contributed by atoms with Crippen LogP contribution in [0.15, 0.2) is 24.3 Å². The van der Waals surface area contributed by atoms with Crippen LogP contribution in [0.5, 0.6) is 5.75 Å². The van der Waals surface area contributed by atoms with Gasteiger partial charge in [0.15, 0.2) is 0 Å². The molecule has 0 aliphatic carbocycles. The molecule has 4 atom stereocenters. The Morgan fingerprint density at radius 2 is 1.71 bits per heavy atom. The molecule has 1 aromatic rings. The van der Waals surface area contributed by atoms with Gasteiger partial charge in [0.05, 0.1) is 18.0 Å². The number of methoxy groups -OCH3 is 1. The molecule has 1 unspecified atom stereocenters. The summed E-state index contributed by atoms with van der Waals surface area (Å²) in [5, 5.41) is 23.6. The number of rotatable bonds is 17. The molecular weight excluding hydrogens is 458 g/mol. The summed E-state index contributed by atoms with van der Waals surface area (Å²) in [6.07, 6.45) is -0.719. The van der Waals surface area contributed by atoms with Crippen molar-refractivity contribution >= 4 is 10.0 Å². The first-order valence-corrected chi connectivity index (χ1v) is 13.1. The molecule has 9 nitrogen and oxygen atoms in total. The van der Waals surface area contributed by atoms with Crippen LogP contribution in [0.3, 0.4) is 0 Å². The third-order valence-corrected chi connectivity index (χ3v) is 7.47. The van der Waals surface area contributed by atoms with Gasteiger partial charge in [0.25, 0.3) is 0 Å². The average molecular weight is 506 g/mol. The topological polar surface area (TPSA) is 143 Å². The number of sulfonamides is 1. The van der Waals surface area contributed by atoms with E-state index in [0.717, 1.165) is 6.42 Å². The van der Waals surface area contributed by atoms with Crippen molar-refractivity contribution in [3.8, 4) is 5.75 Å². The Morgan fingerprint density at radius 3 is 2.29 bits per heavy atom. The maximum Gasteiger partial charge on any atom is 0.214 e. The third kappa shape index (κ3) is 11.4. The lowest BCUT2D eigenvalue weighted by molar-refractivity contribution is 0.107. The maximum absolute atomic E-state index is 11.9. The molecule has 10 heteroatoms. The molecule has 34 heavy (non-hydrogen) atoms. The van der Waals surface area contributed by atoms with Gasteiger partial charge in [0, 0.05) is 44.8 Å². The summed E-state index contributed by atoms with van der Waals surface area (Å²) in [5.41, 5.74) is 6.82. The summed E-state index contributed by atoms with van der Waals surface area (Å²) in [6.45, 7) is 8.67. The molecule has 0 spiro atoms. The van der Waals surface area contributed by atoms with Gasteiger partial charge in [-0.3, -0.25) is 5.32 Å². The van der Waals surface area contributed by atoms with Crippen LogP contribution in [0.1, 0.15) is 59.8 Å². The van der Waals surface area contributed by atoms with Crippen molar-refractivity contribution in [2.24, 2.45) is 17.6 Å². The van der Waals surface area contributed by atoms with E-state index in [2.05, 4.69) is 10.0 Å². The van der Waals surface area contributed by atoms with Gasteiger partial charge in [-0.2, -0.15) is 0 Å². The molecule has 200 valence electrons. The lowest BCUT2D eigenvalue weighted by Crippen LogP contribution is -2.46. The van der Waals surface area contributed by atoms with E-state index in [1.165, 1.54) is 0 Å². The van der Waals surface area contributed by atoms with Gasteiger partial charge < -0.3 is 25.4 Å². The molecule has 0 aliphatic heterocycles. The van der Waals surface area contributed by atoms with Gasteiger partial charge in [-0.25, -0.2) is 13.1 Å². The van der Waals surface area contributed by atoms with E-state index in [9.17, 15) is 18.6 Å². The first-order valence-electron chi connectivity index (χ1n) is 11.5. The fourth-order valence-electron chi connectivity index (χ4n) is 3.21. The normalized spacial score (nSPS) is 15.6. The first-order chi connectivity index (χ1) is 15.5. The number of aliphatic hydroxyl groups excluding tert-OH is 2. The van der Waals surface area contributed by atoms with Crippen LogP contribution in [0.4, 0.5) is 0 Å². The van der Waals surface area contributed by atoms with E-state index in [0.29, 0.717) is 37.5 Å². The van der Waals surface area contributed by atoms with E-state index < -0.39 is 33.6 Å². The summed E-state index contributed by atoms with van der Waals surface area (Å²) >= 11 is 0. The quantitative estimate of drug-likeness (QED) is 0.160. The molecule has 0 heterocycles. The van der Waals surface area contributed by atoms with Crippen molar-refractivity contribution in [2.75, 3.05) is 33.4 Å². The summed E-state index contributed by atoms with van der Waals surface area (Å²) in [5.74, 6) is 0.899. The number of hydrogen-bond acceptors (Lipinski definition) is 8. The van der Waals surface area contributed by atoms with Crippen molar-refractivity contribution in [1.29, 1.82) is 0 Å². The van der Waals surface area contributed by atoms with Crippen molar-refractivity contribution in [3.63, 3.8) is 0 Å². The number of aliphatic hydroxyl groups is 2. The minimum atomic E-state index is -3.47. The minimum absolute atomic E-state index is 0. The van der Waals surface area contributed by atoms with E-state index >= 15 is 0 Å². The van der Waals surface area contributed by atoms with Crippen molar-refractivity contribution in [3.05, 3.63) is 29.8 Å². The van der Waals surface area contributed by atoms with Gasteiger partial charge >= 0.3 is 0 Å². The second-order valence-electron chi connectivity index (χ2n) is 8.96. The Bertz CT molecular complexity index is 776. The Labute approximate surface area is 206 Å². The van der Waals surface area contributed by atoms with Crippen LogP contribution < -0.4 is 20.5 Å². The van der Waals surface area contributed by atoms with Gasteiger partial charge in [-0.15, -0.1) is 0 Å². The minimum Gasteiger partial charge on any atom is -0.493 e. The van der Waals surface area contributed by atoms with E-state index in [1.54, 1.807) is 21.0 Å². The Hall–Kier alpha value is -1.27. The van der Waals surface area contributed by atoms with Crippen LogP contribution in [0.2, 0.25) is 0 Å². The number of benzene rings is 1. The van der Waals surface area contributed by atoms with Gasteiger partial charge in [-0.1, -0.05) is 39.5 Å². The molecule has 0 fully saturated rings. The largest absolute Gasteiger partial charge is 0.493 e.